The Morgan fingerprint density at radius 3 is 2.73 bits per heavy atom. The number of hydrogen-bond donors (Lipinski definition) is 0. The Labute approximate surface area is 90.6 Å². The van der Waals surface area contributed by atoms with Gasteiger partial charge in [0, 0.05) is 7.05 Å². The van der Waals surface area contributed by atoms with E-state index in [1.165, 1.54) is 11.9 Å². The first-order valence-corrected chi connectivity index (χ1v) is 6.60. The summed E-state index contributed by atoms with van der Waals surface area (Å²) >= 11 is 0. The average molecular weight is 229 g/mol. The van der Waals surface area contributed by atoms with Gasteiger partial charge in [-0.2, -0.15) is 0 Å². The van der Waals surface area contributed by atoms with Gasteiger partial charge in [0.1, 0.15) is 5.25 Å². The Hall–Kier alpha value is -1.02. The molecule has 1 unspecified atom stereocenters. The molecule has 84 valence electrons. The Morgan fingerprint density at radius 2 is 2.20 bits per heavy atom. The van der Waals surface area contributed by atoms with Crippen LogP contribution in [-0.2, 0) is 14.6 Å². The summed E-state index contributed by atoms with van der Waals surface area (Å²) in [5.74, 6) is 2.08. The highest BCUT2D eigenvalue weighted by Gasteiger charge is 2.36. The third-order valence-corrected chi connectivity index (χ3v) is 4.72. The minimum Gasteiger partial charge on any atom is -0.333 e. The van der Waals surface area contributed by atoms with E-state index in [1.54, 1.807) is 0 Å². The van der Waals surface area contributed by atoms with Crippen molar-refractivity contribution < 1.29 is 13.2 Å². The van der Waals surface area contributed by atoms with E-state index >= 15 is 0 Å². The number of sulfone groups is 1. The normalized spacial score (nSPS) is 24.1. The molecule has 0 bridgehead atoms. The standard InChI is InChI=1S/C10H15NO3S/c1-3-7-11(2)10(12)9-6-4-5-8-15(9,13)14/h1,9H,4-8H2,2H3. The van der Waals surface area contributed by atoms with Crippen LogP contribution in [-0.4, -0.2) is 43.8 Å². The zero-order valence-corrected chi connectivity index (χ0v) is 9.59. The van der Waals surface area contributed by atoms with Gasteiger partial charge >= 0.3 is 0 Å². The molecule has 0 radical (unpaired) electrons. The molecule has 0 aromatic rings. The van der Waals surface area contributed by atoms with Crippen molar-refractivity contribution in [3.05, 3.63) is 0 Å². The Kier molecular flexibility index (Phi) is 3.75. The first kappa shape index (κ1) is 12.1. The SMILES string of the molecule is C#CCN(C)C(=O)C1CCCCS1(=O)=O. The van der Waals surface area contributed by atoms with E-state index in [2.05, 4.69) is 5.92 Å². The molecule has 0 aromatic carbocycles. The van der Waals surface area contributed by atoms with Crippen LogP contribution in [0, 0.1) is 12.3 Å². The van der Waals surface area contributed by atoms with E-state index < -0.39 is 15.1 Å². The van der Waals surface area contributed by atoms with Crippen molar-refractivity contribution >= 4 is 15.7 Å². The third kappa shape index (κ3) is 2.72. The summed E-state index contributed by atoms with van der Waals surface area (Å²) in [7, 11) is -1.71. The van der Waals surface area contributed by atoms with Gasteiger partial charge in [-0.15, -0.1) is 6.42 Å². The molecule has 1 fully saturated rings. The molecule has 4 nitrogen and oxygen atoms in total. The first-order valence-electron chi connectivity index (χ1n) is 4.89. The zero-order valence-electron chi connectivity index (χ0n) is 8.77. The Morgan fingerprint density at radius 1 is 1.53 bits per heavy atom. The van der Waals surface area contributed by atoms with Crippen molar-refractivity contribution in [1.82, 2.24) is 4.90 Å². The van der Waals surface area contributed by atoms with Crippen LogP contribution in [0.4, 0.5) is 0 Å². The van der Waals surface area contributed by atoms with Crippen molar-refractivity contribution in [2.24, 2.45) is 0 Å². The van der Waals surface area contributed by atoms with Crippen molar-refractivity contribution in [2.75, 3.05) is 19.3 Å². The van der Waals surface area contributed by atoms with Crippen LogP contribution < -0.4 is 0 Å². The average Bonchev–Trinajstić information content (AvgIpc) is 2.16. The highest BCUT2D eigenvalue weighted by molar-refractivity contribution is 7.92. The molecule has 1 aliphatic heterocycles. The van der Waals surface area contributed by atoms with Gasteiger partial charge in [0.25, 0.3) is 0 Å². The lowest BCUT2D eigenvalue weighted by Gasteiger charge is -2.25. The molecular weight excluding hydrogens is 214 g/mol. The molecule has 0 N–H and O–H groups in total. The molecule has 1 saturated heterocycles. The molecule has 0 saturated carbocycles. The maximum absolute atomic E-state index is 11.8. The highest BCUT2D eigenvalue weighted by atomic mass is 32.2. The lowest BCUT2D eigenvalue weighted by atomic mass is 10.2. The number of rotatable bonds is 2. The molecule has 1 atom stereocenters. The number of nitrogens with zero attached hydrogens (tertiary/aromatic N) is 1. The van der Waals surface area contributed by atoms with Crippen molar-refractivity contribution in [1.29, 1.82) is 0 Å². The fraction of sp³-hybridized carbons (Fsp3) is 0.700. The number of carbonyl (C=O) groups excluding carboxylic acids is 1. The summed E-state index contributed by atoms with van der Waals surface area (Å²) in [5.41, 5.74) is 0. The Bertz CT molecular complexity index is 380. The van der Waals surface area contributed by atoms with E-state index in [1.807, 2.05) is 0 Å². The van der Waals surface area contributed by atoms with Crippen LogP contribution in [0.2, 0.25) is 0 Å². The molecule has 1 rings (SSSR count). The molecule has 0 spiro atoms. The van der Waals surface area contributed by atoms with Gasteiger partial charge < -0.3 is 4.90 Å². The second-order valence-electron chi connectivity index (χ2n) is 3.75. The summed E-state index contributed by atoms with van der Waals surface area (Å²) < 4.78 is 23.3. The van der Waals surface area contributed by atoms with Crippen LogP contribution in [0.15, 0.2) is 0 Å². The van der Waals surface area contributed by atoms with Crippen LogP contribution in [0.3, 0.4) is 0 Å². The highest BCUT2D eigenvalue weighted by Crippen LogP contribution is 2.20. The summed E-state index contributed by atoms with van der Waals surface area (Å²) in [5, 5.41) is -0.871. The minimum atomic E-state index is -3.25. The van der Waals surface area contributed by atoms with Gasteiger partial charge in [-0.3, -0.25) is 4.79 Å². The molecule has 0 aromatic heterocycles. The lowest BCUT2D eigenvalue weighted by Crippen LogP contribution is -2.43. The minimum absolute atomic E-state index is 0.118. The molecule has 5 heteroatoms. The summed E-state index contributed by atoms with van der Waals surface area (Å²) in [6.07, 6.45) is 6.95. The summed E-state index contributed by atoms with van der Waals surface area (Å²) in [6, 6.07) is 0. The molecule has 15 heavy (non-hydrogen) atoms. The second kappa shape index (κ2) is 4.67. The van der Waals surface area contributed by atoms with Crippen LogP contribution in [0.25, 0.3) is 0 Å². The summed E-state index contributed by atoms with van der Waals surface area (Å²) in [4.78, 5) is 13.1. The monoisotopic (exact) mass is 229 g/mol. The number of hydrogen-bond acceptors (Lipinski definition) is 3. The van der Waals surface area contributed by atoms with Crippen LogP contribution >= 0.6 is 0 Å². The molecule has 1 heterocycles. The lowest BCUT2D eigenvalue weighted by molar-refractivity contribution is -0.129. The first-order chi connectivity index (χ1) is 6.99. The zero-order chi connectivity index (χ0) is 11.5. The maximum Gasteiger partial charge on any atom is 0.241 e. The van der Waals surface area contributed by atoms with Gasteiger partial charge in [0.05, 0.1) is 12.3 Å². The van der Waals surface area contributed by atoms with Gasteiger partial charge in [0.15, 0.2) is 9.84 Å². The fourth-order valence-corrected chi connectivity index (χ4v) is 3.60. The molecule has 1 amide bonds. The summed E-state index contributed by atoms with van der Waals surface area (Å²) in [6.45, 7) is 0.158. The largest absolute Gasteiger partial charge is 0.333 e. The van der Waals surface area contributed by atoms with Gasteiger partial charge in [-0.05, 0) is 12.8 Å². The van der Waals surface area contributed by atoms with Crippen LogP contribution in [0.1, 0.15) is 19.3 Å². The van der Waals surface area contributed by atoms with Crippen molar-refractivity contribution in [2.45, 2.75) is 24.5 Å². The molecular formula is C10H15NO3S. The van der Waals surface area contributed by atoms with Crippen molar-refractivity contribution in [3.63, 3.8) is 0 Å². The van der Waals surface area contributed by atoms with E-state index in [-0.39, 0.29) is 18.2 Å². The third-order valence-electron chi connectivity index (χ3n) is 2.56. The quantitative estimate of drug-likeness (QED) is 0.628. The molecule has 1 aliphatic rings. The fourth-order valence-electron chi connectivity index (χ4n) is 1.69. The topological polar surface area (TPSA) is 54.5 Å². The van der Waals surface area contributed by atoms with Gasteiger partial charge in [0.2, 0.25) is 5.91 Å². The van der Waals surface area contributed by atoms with Gasteiger partial charge in [-0.1, -0.05) is 12.3 Å². The number of carbonyl (C=O) groups is 1. The van der Waals surface area contributed by atoms with Crippen LogP contribution in [0.5, 0.6) is 0 Å². The predicted octanol–water partition coefficient (Wildman–Crippen LogP) is 0.0453. The Balaban J connectivity index is 2.79. The maximum atomic E-state index is 11.8. The van der Waals surface area contributed by atoms with E-state index in [9.17, 15) is 13.2 Å². The van der Waals surface area contributed by atoms with Crippen molar-refractivity contribution in [3.8, 4) is 12.3 Å². The number of terminal acetylenes is 1. The van der Waals surface area contributed by atoms with Gasteiger partial charge in [-0.25, -0.2) is 8.42 Å². The second-order valence-corrected chi connectivity index (χ2v) is 6.05. The predicted molar refractivity (Wildman–Crippen MR) is 57.9 cm³/mol. The molecule has 0 aliphatic carbocycles. The van der Waals surface area contributed by atoms with E-state index in [4.69, 9.17) is 6.42 Å². The number of amides is 1. The smallest absolute Gasteiger partial charge is 0.241 e. The van der Waals surface area contributed by atoms with E-state index in [0.29, 0.717) is 12.8 Å². The van der Waals surface area contributed by atoms with E-state index in [0.717, 1.165) is 6.42 Å².